The Bertz CT molecular complexity index is 1470. The smallest absolute Gasteiger partial charge is 0.271 e. The van der Waals surface area contributed by atoms with E-state index in [9.17, 15) is 9.18 Å². The van der Waals surface area contributed by atoms with E-state index in [2.05, 4.69) is 31.9 Å². The predicted octanol–water partition coefficient (Wildman–Crippen LogP) is 8.74. The lowest BCUT2D eigenvalue weighted by molar-refractivity contribution is -0.113. The Hall–Kier alpha value is -3.20. The first-order valence-electron chi connectivity index (χ1n) is 11.3. The molecule has 4 nitrogen and oxygen atoms in total. The molecule has 0 radical (unpaired) electrons. The fourth-order valence-electron chi connectivity index (χ4n) is 3.65. The van der Waals surface area contributed by atoms with Crippen molar-refractivity contribution >= 4 is 72.1 Å². The zero-order chi connectivity index (χ0) is 25.8. The third kappa shape index (κ3) is 6.04. The fraction of sp³-hybridized carbons (Fsp3) is 0.0345. The molecule has 0 spiro atoms. The van der Waals surface area contributed by atoms with E-state index in [1.54, 1.807) is 17.0 Å². The van der Waals surface area contributed by atoms with Gasteiger partial charge < -0.3 is 4.74 Å². The molecule has 37 heavy (non-hydrogen) atoms. The third-order valence-electron chi connectivity index (χ3n) is 5.42. The summed E-state index contributed by atoms with van der Waals surface area (Å²) in [5.41, 5.74) is 3.20. The molecule has 4 aromatic rings. The lowest BCUT2D eigenvalue weighted by Gasteiger charge is -2.15. The number of carbonyl (C=O) groups is 1. The van der Waals surface area contributed by atoms with Gasteiger partial charge in [-0.2, -0.15) is 0 Å². The highest BCUT2D eigenvalue weighted by Crippen LogP contribution is 2.40. The lowest BCUT2D eigenvalue weighted by Crippen LogP contribution is -2.28. The van der Waals surface area contributed by atoms with Crippen molar-refractivity contribution in [2.75, 3.05) is 4.90 Å². The number of ether oxygens (including phenoxy) is 1. The quantitative estimate of drug-likeness (QED) is 0.199. The molecule has 0 aromatic heterocycles. The highest BCUT2D eigenvalue weighted by atomic mass is 79.9. The summed E-state index contributed by atoms with van der Waals surface area (Å²) in [7, 11) is 0. The zero-order valence-corrected chi connectivity index (χ0v) is 23.3. The number of carbonyl (C=O) groups excluding carboxylic acids is 1. The van der Waals surface area contributed by atoms with Crippen molar-refractivity contribution in [1.29, 1.82) is 0 Å². The van der Waals surface area contributed by atoms with Crippen molar-refractivity contribution in [3.8, 4) is 5.75 Å². The molecule has 1 heterocycles. The molecular formula is C29H19Br2FN2O2S. The van der Waals surface area contributed by atoms with Crippen LogP contribution < -0.4 is 9.64 Å². The molecule has 0 saturated carbocycles. The third-order valence-corrected chi connectivity index (χ3v) is 7.56. The minimum absolute atomic E-state index is 0.144. The Morgan fingerprint density at radius 1 is 0.892 bits per heavy atom. The summed E-state index contributed by atoms with van der Waals surface area (Å²) < 4.78 is 20.6. The van der Waals surface area contributed by atoms with Gasteiger partial charge in [-0.3, -0.25) is 9.69 Å². The van der Waals surface area contributed by atoms with Gasteiger partial charge in [0.1, 0.15) is 18.2 Å². The van der Waals surface area contributed by atoms with Crippen molar-refractivity contribution < 1.29 is 13.9 Å². The van der Waals surface area contributed by atoms with Crippen LogP contribution in [0.1, 0.15) is 11.1 Å². The summed E-state index contributed by atoms with van der Waals surface area (Å²) in [5.74, 6) is 0.189. The number of halogens is 3. The normalized spacial score (nSPS) is 15.5. The van der Waals surface area contributed by atoms with E-state index in [-0.39, 0.29) is 18.3 Å². The molecular weight excluding hydrogens is 619 g/mol. The van der Waals surface area contributed by atoms with Crippen molar-refractivity contribution in [1.82, 2.24) is 0 Å². The monoisotopic (exact) mass is 636 g/mol. The van der Waals surface area contributed by atoms with Crippen LogP contribution in [0.25, 0.3) is 6.08 Å². The molecule has 1 aliphatic rings. The van der Waals surface area contributed by atoms with Gasteiger partial charge in [0, 0.05) is 0 Å². The summed E-state index contributed by atoms with van der Waals surface area (Å²) in [6.07, 6.45) is 1.84. The molecule has 0 bridgehead atoms. The Morgan fingerprint density at radius 3 is 2.16 bits per heavy atom. The molecule has 5 rings (SSSR count). The number of thioether (sulfide) groups is 1. The van der Waals surface area contributed by atoms with Crippen molar-refractivity contribution in [2.24, 2.45) is 4.99 Å². The van der Waals surface area contributed by atoms with Gasteiger partial charge in [-0.05, 0) is 109 Å². The molecule has 0 unspecified atom stereocenters. The van der Waals surface area contributed by atoms with Crippen LogP contribution in [0.2, 0.25) is 0 Å². The first-order valence-corrected chi connectivity index (χ1v) is 13.7. The van der Waals surface area contributed by atoms with Gasteiger partial charge in [-0.15, -0.1) is 0 Å². The molecule has 0 N–H and O–H groups in total. The number of hydrogen-bond acceptors (Lipinski definition) is 4. The van der Waals surface area contributed by atoms with Crippen LogP contribution >= 0.6 is 43.6 Å². The molecule has 8 heteroatoms. The maximum atomic E-state index is 13.5. The lowest BCUT2D eigenvalue weighted by atomic mass is 10.2. The molecule has 4 aromatic carbocycles. The van der Waals surface area contributed by atoms with Crippen molar-refractivity contribution in [2.45, 2.75) is 6.61 Å². The number of aliphatic imine (C=N–C) groups is 1. The van der Waals surface area contributed by atoms with Gasteiger partial charge in [-0.1, -0.05) is 48.5 Å². The molecule has 184 valence electrons. The number of amidine groups is 1. The van der Waals surface area contributed by atoms with Crippen LogP contribution in [0.5, 0.6) is 5.75 Å². The highest BCUT2D eigenvalue weighted by molar-refractivity contribution is 9.11. The van der Waals surface area contributed by atoms with Gasteiger partial charge in [0.05, 0.1) is 25.2 Å². The molecule has 1 saturated heterocycles. The Morgan fingerprint density at radius 2 is 1.51 bits per heavy atom. The van der Waals surface area contributed by atoms with Crippen LogP contribution in [-0.2, 0) is 11.4 Å². The Labute approximate surface area is 235 Å². The fourth-order valence-corrected chi connectivity index (χ4v) is 6.11. The van der Waals surface area contributed by atoms with Gasteiger partial charge in [0.25, 0.3) is 5.91 Å². The second-order valence-electron chi connectivity index (χ2n) is 8.05. The average molecular weight is 638 g/mol. The van der Waals surface area contributed by atoms with E-state index < -0.39 is 0 Å². The van der Waals surface area contributed by atoms with E-state index >= 15 is 0 Å². The second kappa shape index (κ2) is 11.5. The first-order chi connectivity index (χ1) is 18.0. The molecule has 1 amide bonds. The van der Waals surface area contributed by atoms with Crippen LogP contribution in [0.15, 0.2) is 116 Å². The van der Waals surface area contributed by atoms with Crippen molar-refractivity contribution in [3.63, 3.8) is 0 Å². The number of benzene rings is 4. The van der Waals surface area contributed by atoms with Gasteiger partial charge in [0.15, 0.2) is 5.17 Å². The standard InChI is InChI=1S/C29H19Br2FN2O2S/c30-24-15-20(16-25(31)27(24)36-18-19-11-13-21(32)14-12-19)17-26-28(35)34(23-9-5-2-6-10-23)29(37-26)33-22-7-3-1-4-8-22/h1-17H,18H2/b26-17+,33-29?. The average Bonchev–Trinajstić information content (AvgIpc) is 3.19. The largest absolute Gasteiger partial charge is 0.487 e. The van der Waals surface area contributed by atoms with Gasteiger partial charge >= 0.3 is 0 Å². The summed E-state index contributed by atoms with van der Waals surface area (Å²) in [5, 5.41) is 0.589. The first kappa shape index (κ1) is 25.4. The number of para-hydroxylation sites is 2. The van der Waals surface area contributed by atoms with Crippen LogP contribution in [-0.4, -0.2) is 11.1 Å². The number of amides is 1. The maximum Gasteiger partial charge on any atom is 0.271 e. The van der Waals surface area contributed by atoms with Crippen molar-refractivity contribution in [3.05, 3.63) is 128 Å². The minimum Gasteiger partial charge on any atom is -0.487 e. The van der Waals surface area contributed by atoms with E-state index in [1.807, 2.05) is 78.9 Å². The number of nitrogens with zero attached hydrogens (tertiary/aromatic N) is 2. The topological polar surface area (TPSA) is 41.9 Å². The molecule has 0 aliphatic carbocycles. The predicted molar refractivity (Wildman–Crippen MR) is 156 cm³/mol. The van der Waals surface area contributed by atoms with E-state index in [0.29, 0.717) is 15.8 Å². The number of hydrogen-bond donors (Lipinski definition) is 0. The Balaban J connectivity index is 1.43. The number of rotatable bonds is 6. The molecule has 1 fully saturated rings. The van der Waals surface area contributed by atoms with E-state index in [4.69, 9.17) is 9.73 Å². The van der Waals surface area contributed by atoms with Crippen LogP contribution in [0.4, 0.5) is 15.8 Å². The van der Waals surface area contributed by atoms with Crippen LogP contribution in [0.3, 0.4) is 0 Å². The van der Waals surface area contributed by atoms with Crippen LogP contribution in [0, 0.1) is 5.82 Å². The molecule has 0 atom stereocenters. The SMILES string of the molecule is O=C1/C(=C\c2cc(Br)c(OCc3ccc(F)cc3)c(Br)c2)SC(=Nc2ccccc2)N1c1ccccc1. The van der Waals surface area contributed by atoms with E-state index in [1.165, 1.54) is 23.9 Å². The summed E-state index contributed by atoms with van der Waals surface area (Å²) in [6, 6.07) is 29.0. The number of anilines is 1. The highest BCUT2D eigenvalue weighted by Gasteiger charge is 2.34. The maximum absolute atomic E-state index is 13.5. The summed E-state index contributed by atoms with van der Waals surface area (Å²) in [6.45, 7) is 0.289. The second-order valence-corrected chi connectivity index (χ2v) is 10.8. The van der Waals surface area contributed by atoms with E-state index in [0.717, 1.165) is 31.4 Å². The summed E-state index contributed by atoms with van der Waals surface area (Å²) in [4.78, 5) is 20.4. The van der Waals surface area contributed by atoms with Gasteiger partial charge in [-0.25, -0.2) is 9.38 Å². The molecule has 1 aliphatic heterocycles. The Kier molecular flexibility index (Phi) is 7.88. The minimum atomic E-state index is -0.286. The van der Waals surface area contributed by atoms with Gasteiger partial charge in [0.2, 0.25) is 0 Å². The summed E-state index contributed by atoms with van der Waals surface area (Å²) >= 11 is 8.50. The zero-order valence-electron chi connectivity index (χ0n) is 19.3.